The zero-order chi connectivity index (χ0) is 20.4. The van der Waals surface area contributed by atoms with Crippen LogP contribution in [0.15, 0.2) is 62.2 Å². The van der Waals surface area contributed by atoms with Crippen LogP contribution in [-0.4, -0.2) is 41.7 Å². The Morgan fingerprint density at radius 2 is 2.00 bits per heavy atom. The SMILES string of the molecule is O=C(COc1ccc(-c2cc3cc(Br)ccc3oc2=O)cc1)N1CCC[C@H]1CO. The number of hydrogen-bond donors (Lipinski definition) is 1. The van der Waals surface area contributed by atoms with Crippen molar-refractivity contribution in [2.45, 2.75) is 18.9 Å². The molecule has 1 aliphatic rings. The van der Waals surface area contributed by atoms with Gasteiger partial charge in [-0.25, -0.2) is 4.79 Å². The molecule has 4 rings (SSSR count). The molecule has 1 aliphatic heterocycles. The smallest absolute Gasteiger partial charge is 0.344 e. The minimum atomic E-state index is -0.409. The van der Waals surface area contributed by atoms with Gasteiger partial charge in [0.05, 0.1) is 18.2 Å². The average Bonchev–Trinajstić information content (AvgIpc) is 3.21. The summed E-state index contributed by atoms with van der Waals surface area (Å²) in [6, 6.07) is 14.1. The third kappa shape index (κ3) is 4.21. The summed E-state index contributed by atoms with van der Waals surface area (Å²) < 4.78 is 11.9. The van der Waals surface area contributed by atoms with Crippen molar-refractivity contribution in [3.63, 3.8) is 0 Å². The van der Waals surface area contributed by atoms with Gasteiger partial charge in [-0.05, 0) is 54.8 Å². The van der Waals surface area contributed by atoms with Crippen LogP contribution in [0.2, 0.25) is 0 Å². The molecule has 0 bridgehead atoms. The van der Waals surface area contributed by atoms with Crippen molar-refractivity contribution in [3.8, 4) is 16.9 Å². The van der Waals surface area contributed by atoms with Crippen molar-refractivity contribution in [2.75, 3.05) is 19.8 Å². The van der Waals surface area contributed by atoms with Crippen LogP contribution >= 0.6 is 15.9 Å². The zero-order valence-electron chi connectivity index (χ0n) is 15.6. The van der Waals surface area contributed by atoms with E-state index < -0.39 is 5.63 Å². The monoisotopic (exact) mass is 457 g/mol. The van der Waals surface area contributed by atoms with E-state index in [4.69, 9.17) is 9.15 Å². The number of ether oxygens (including phenoxy) is 1. The highest BCUT2D eigenvalue weighted by Crippen LogP contribution is 2.25. The second-order valence-corrected chi connectivity index (χ2v) is 7.92. The first kappa shape index (κ1) is 19.7. The van der Waals surface area contributed by atoms with Crippen LogP contribution in [0.4, 0.5) is 0 Å². The van der Waals surface area contributed by atoms with Crippen molar-refractivity contribution in [1.82, 2.24) is 4.90 Å². The minimum absolute atomic E-state index is 0.0225. The van der Waals surface area contributed by atoms with E-state index in [1.807, 2.05) is 12.1 Å². The molecule has 2 aromatic carbocycles. The van der Waals surface area contributed by atoms with Gasteiger partial charge >= 0.3 is 5.63 Å². The van der Waals surface area contributed by atoms with E-state index in [0.29, 0.717) is 29.0 Å². The summed E-state index contributed by atoms with van der Waals surface area (Å²) in [4.78, 5) is 26.3. The first-order valence-corrected chi connectivity index (χ1v) is 10.2. The number of nitrogens with zero attached hydrogens (tertiary/aromatic N) is 1. The second kappa shape index (κ2) is 8.39. The number of carbonyl (C=O) groups excluding carboxylic acids is 1. The van der Waals surface area contributed by atoms with Crippen molar-refractivity contribution in [1.29, 1.82) is 0 Å². The van der Waals surface area contributed by atoms with Crippen molar-refractivity contribution >= 4 is 32.8 Å². The molecule has 3 aromatic rings. The third-order valence-electron chi connectivity index (χ3n) is 5.13. The number of hydrogen-bond acceptors (Lipinski definition) is 5. The number of rotatable bonds is 5. The van der Waals surface area contributed by atoms with Gasteiger partial charge < -0.3 is 19.2 Å². The molecule has 0 unspecified atom stereocenters. The Morgan fingerprint density at radius 3 is 2.76 bits per heavy atom. The van der Waals surface area contributed by atoms with E-state index >= 15 is 0 Å². The van der Waals surface area contributed by atoms with Gasteiger partial charge in [-0.1, -0.05) is 28.1 Å². The van der Waals surface area contributed by atoms with Gasteiger partial charge in [-0.2, -0.15) is 0 Å². The van der Waals surface area contributed by atoms with E-state index in [2.05, 4.69) is 15.9 Å². The van der Waals surface area contributed by atoms with Crippen LogP contribution in [0.1, 0.15) is 12.8 Å². The Morgan fingerprint density at radius 1 is 1.21 bits per heavy atom. The summed E-state index contributed by atoms with van der Waals surface area (Å²) in [5.41, 5.74) is 1.29. The molecule has 6 nitrogen and oxygen atoms in total. The number of benzene rings is 2. The predicted octanol–water partition coefficient (Wildman–Crippen LogP) is 3.58. The van der Waals surface area contributed by atoms with Crippen LogP contribution in [0.25, 0.3) is 22.1 Å². The lowest BCUT2D eigenvalue weighted by Crippen LogP contribution is -2.40. The van der Waals surface area contributed by atoms with Gasteiger partial charge in [-0.15, -0.1) is 0 Å². The van der Waals surface area contributed by atoms with Crippen LogP contribution in [-0.2, 0) is 4.79 Å². The van der Waals surface area contributed by atoms with E-state index in [1.165, 1.54) is 0 Å². The van der Waals surface area contributed by atoms with Gasteiger partial charge in [-0.3, -0.25) is 4.79 Å². The molecule has 0 spiro atoms. The van der Waals surface area contributed by atoms with E-state index in [0.717, 1.165) is 22.7 Å². The van der Waals surface area contributed by atoms with Gasteiger partial charge in [0.1, 0.15) is 11.3 Å². The Bertz CT molecular complexity index is 1090. The number of aliphatic hydroxyl groups excluding tert-OH is 1. The highest BCUT2D eigenvalue weighted by atomic mass is 79.9. The summed E-state index contributed by atoms with van der Waals surface area (Å²) in [7, 11) is 0. The molecule has 1 saturated heterocycles. The molecule has 1 amide bonds. The maximum absolute atomic E-state index is 12.3. The quantitative estimate of drug-likeness (QED) is 0.592. The van der Waals surface area contributed by atoms with Crippen LogP contribution < -0.4 is 10.4 Å². The number of fused-ring (bicyclic) bond motifs is 1. The average molecular weight is 458 g/mol. The molecule has 150 valence electrons. The topological polar surface area (TPSA) is 80.0 Å². The lowest BCUT2D eigenvalue weighted by atomic mass is 10.1. The second-order valence-electron chi connectivity index (χ2n) is 7.01. The van der Waals surface area contributed by atoms with Gasteiger partial charge in [0.25, 0.3) is 5.91 Å². The summed E-state index contributed by atoms with van der Waals surface area (Å²) in [5, 5.41) is 10.2. The molecule has 7 heteroatoms. The molecule has 1 fully saturated rings. The standard InChI is InChI=1S/C22H20BrNO5/c23-16-5-8-20-15(10-16)11-19(22(27)29-20)14-3-6-18(7-4-14)28-13-21(26)24-9-1-2-17(24)12-25/h3-8,10-11,17,25H,1-2,9,12-13H2/t17-/m0/s1. The molecular weight excluding hydrogens is 438 g/mol. The summed E-state index contributed by atoms with van der Waals surface area (Å²) in [6.45, 7) is 0.549. The number of halogens is 1. The Kier molecular flexibility index (Phi) is 5.69. The van der Waals surface area contributed by atoms with E-state index in [1.54, 1.807) is 41.3 Å². The molecule has 1 atom stereocenters. The summed E-state index contributed by atoms with van der Waals surface area (Å²) in [6.07, 6.45) is 1.72. The van der Waals surface area contributed by atoms with E-state index in [-0.39, 0.29) is 25.2 Å². The summed E-state index contributed by atoms with van der Waals surface area (Å²) >= 11 is 3.42. The highest BCUT2D eigenvalue weighted by Gasteiger charge is 2.28. The molecule has 1 aromatic heterocycles. The number of carbonyl (C=O) groups is 1. The Balaban J connectivity index is 1.48. The fourth-order valence-electron chi connectivity index (χ4n) is 3.61. The third-order valence-corrected chi connectivity index (χ3v) is 5.62. The lowest BCUT2D eigenvalue weighted by Gasteiger charge is -2.22. The van der Waals surface area contributed by atoms with E-state index in [9.17, 15) is 14.7 Å². The predicted molar refractivity (Wildman–Crippen MR) is 113 cm³/mol. The first-order valence-electron chi connectivity index (χ1n) is 9.42. The number of likely N-dealkylation sites (tertiary alicyclic amines) is 1. The molecule has 0 aliphatic carbocycles. The molecule has 0 saturated carbocycles. The first-order chi connectivity index (χ1) is 14.0. The van der Waals surface area contributed by atoms with Crippen LogP contribution in [0.3, 0.4) is 0 Å². The van der Waals surface area contributed by atoms with Gasteiger partial charge in [0, 0.05) is 16.4 Å². The van der Waals surface area contributed by atoms with Gasteiger partial charge in [0.2, 0.25) is 0 Å². The van der Waals surface area contributed by atoms with Crippen molar-refractivity contribution < 1.29 is 19.1 Å². The lowest BCUT2D eigenvalue weighted by molar-refractivity contribution is -0.134. The maximum Gasteiger partial charge on any atom is 0.344 e. The minimum Gasteiger partial charge on any atom is -0.484 e. The Labute approximate surface area is 175 Å². The fourth-order valence-corrected chi connectivity index (χ4v) is 3.99. The molecule has 2 heterocycles. The molecule has 0 radical (unpaired) electrons. The van der Waals surface area contributed by atoms with Crippen molar-refractivity contribution in [2.24, 2.45) is 0 Å². The van der Waals surface area contributed by atoms with Gasteiger partial charge in [0.15, 0.2) is 6.61 Å². The molecule has 29 heavy (non-hydrogen) atoms. The van der Waals surface area contributed by atoms with Crippen LogP contribution in [0.5, 0.6) is 5.75 Å². The normalized spacial score (nSPS) is 16.3. The van der Waals surface area contributed by atoms with Crippen LogP contribution in [0, 0.1) is 0 Å². The largest absolute Gasteiger partial charge is 0.484 e. The number of amides is 1. The summed E-state index contributed by atoms with van der Waals surface area (Å²) in [5.74, 6) is 0.404. The number of aliphatic hydroxyl groups is 1. The maximum atomic E-state index is 12.3. The van der Waals surface area contributed by atoms with Crippen molar-refractivity contribution in [3.05, 3.63) is 63.4 Å². The Hall–Kier alpha value is -2.64. The molecular formula is C22H20BrNO5. The molecule has 1 N–H and O–H groups in total. The highest BCUT2D eigenvalue weighted by molar-refractivity contribution is 9.10. The fraction of sp³-hybridized carbons (Fsp3) is 0.273. The zero-order valence-corrected chi connectivity index (χ0v) is 17.2.